The number of fused-ring (bicyclic) bond motifs is 1. The van der Waals surface area contributed by atoms with Crippen molar-refractivity contribution in [3.05, 3.63) is 12.1 Å². The van der Waals surface area contributed by atoms with E-state index in [0.29, 0.717) is 23.3 Å². The van der Waals surface area contributed by atoms with Gasteiger partial charge in [-0.1, -0.05) is 0 Å². The molecule has 1 heterocycles. The Hall–Kier alpha value is -1.51. The molecule has 1 aromatic carbocycles. The van der Waals surface area contributed by atoms with Gasteiger partial charge in [-0.05, 0) is 0 Å². The van der Waals surface area contributed by atoms with Crippen LogP contribution in [0.2, 0.25) is 0 Å². The van der Waals surface area contributed by atoms with Gasteiger partial charge in [-0.2, -0.15) is 0 Å². The minimum atomic E-state index is 0.265. The van der Waals surface area contributed by atoms with E-state index in [1.807, 2.05) is 6.07 Å². The van der Waals surface area contributed by atoms with E-state index in [1.54, 1.807) is 20.3 Å². The summed E-state index contributed by atoms with van der Waals surface area (Å²) < 4.78 is 11.7. The first-order chi connectivity index (χ1) is 9.69. The van der Waals surface area contributed by atoms with E-state index >= 15 is 0 Å². The van der Waals surface area contributed by atoms with Gasteiger partial charge in [-0.3, -0.25) is 0 Å². The Morgan fingerprint density at radius 3 is 2.55 bits per heavy atom. The van der Waals surface area contributed by atoms with E-state index in [-0.39, 0.29) is 21.2 Å². The van der Waals surface area contributed by atoms with Crippen LogP contribution >= 0.6 is 0 Å². The maximum absolute atomic E-state index is 6.00. The van der Waals surface area contributed by atoms with Gasteiger partial charge < -0.3 is 0 Å². The summed E-state index contributed by atoms with van der Waals surface area (Å²) in [4.78, 5) is 11.0. The Labute approximate surface area is 128 Å². The number of anilines is 2. The van der Waals surface area contributed by atoms with Crippen molar-refractivity contribution in [1.82, 2.24) is 9.97 Å². The molecule has 0 saturated heterocycles. The summed E-state index contributed by atoms with van der Waals surface area (Å²) in [5, 5.41) is 3.96. The third kappa shape index (κ3) is 3.14. The fourth-order valence-corrected chi connectivity index (χ4v) is 2.62. The number of methoxy groups -OCH3 is 2. The number of nitrogens with one attached hydrogen (secondary N) is 1. The molecule has 0 spiro atoms. The molecular formula is C13H18IN4O2-. The van der Waals surface area contributed by atoms with Crippen LogP contribution in [0.5, 0.6) is 11.5 Å². The van der Waals surface area contributed by atoms with E-state index in [1.165, 1.54) is 4.43 Å². The van der Waals surface area contributed by atoms with Crippen LogP contribution in [0.1, 0.15) is 0 Å². The number of nitrogens with zero attached hydrogens (tertiary/aromatic N) is 2. The zero-order chi connectivity index (χ0) is 14.5. The van der Waals surface area contributed by atoms with Gasteiger partial charge in [0.2, 0.25) is 0 Å². The molecule has 20 heavy (non-hydrogen) atoms. The van der Waals surface area contributed by atoms with Gasteiger partial charge in [-0.15, -0.1) is 0 Å². The maximum atomic E-state index is 6.00. The third-order valence-corrected chi connectivity index (χ3v) is 4.42. The van der Waals surface area contributed by atoms with Gasteiger partial charge in [-0.25, -0.2) is 0 Å². The van der Waals surface area contributed by atoms with Crippen molar-refractivity contribution in [1.29, 1.82) is 0 Å². The first-order valence-corrected chi connectivity index (χ1v) is 9.74. The zero-order valence-corrected chi connectivity index (χ0v) is 13.9. The van der Waals surface area contributed by atoms with E-state index < -0.39 is 0 Å². The van der Waals surface area contributed by atoms with Crippen LogP contribution in [0.15, 0.2) is 12.1 Å². The number of rotatable bonds is 6. The quantitative estimate of drug-likeness (QED) is 0.351. The van der Waals surface area contributed by atoms with E-state index in [4.69, 9.17) is 15.2 Å². The molecule has 1 aromatic heterocycles. The third-order valence-electron chi connectivity index (χ3n) is 2.80. The average Bonchev–Trinajstić information content (AvgIpc) is 2.46. The second-order valence-corrected chi connectivity index (χ2v) is 6.64. The predicted octanol–water partition coefficient (Wildman–Crippen LogP) is -1.64. The van der Waals surface area contributed by atoms with Crippen LogP contribution in [0.25, 0.3) is 10.9 Å². The molecule has 0 aliphatic heterocycles. The standard InChI is InChI=1S/C13H18IN4O2/c1-14-4-5-16-13-17-9-7-11(20-3)10(19-2)6-8(9)12(15)18-13/h6-7H,4-5H2,1-3H3,(H3,15,16,17,18)/q-1. The van der Waals surface area contributed by atoms with Crippen molar-refractivity contribution < 1.29 is 30.7 Å². The van der Waals surface area contributed by atoms with Crippen LogP contribution < -0.4 is 41.7 Å². The summed E-state index contributed by atoms with van der Waals surface area (Å²) in [5.41, 5.74) is 6.74. The SMILES string of the molecule is COc1cc2nc(NCC[I-]C)nc(N)c2cc1OC. The molecule has 110 valence electrons. The Morgan fingerprint density at radius 1 is 1.20 bits per heavy atom. The molecule has 3 N–H and O–H groups in total. The van der Waals surface area contributed by atoms with Crippen molar-refractivity contribution >= 4 is 22.7 Å². The number of hydrogen-bond acceptors (Lipinski definition) is 6. The molecule has 0 amide bonds. The molecule has 2 rings (SSSR count). The zero-order valence-electron chi connectivity index (χ0n) is 11.7. The van der Waals surface area contributed by atoms with Crippen LogP contribution in [-0.2, 0) is 0 Å². The fraction of sp³-hybridized carbons (Fsp3) is 0.385. The molecule has 7 heteroatoms. The Kier molecular flexibility index (Phi) is 5.05. The monoisotopic (exact) mass is 389 g/mol. The van der Waals surface area contributed by atoms with Crippen LogP contribution in [0.4, 0.5) is 11.8 Å². The number of aromatic nitrogens is 2. The van der Waals surface area contributed by atoms with Crippen molar-refractivity contribution in [3.8, 4) is 11.5 Å². The molecule has 0 atom stereocenters. The average molecular weight is 389 g/mol. The van der Waals surface area contributed by atoms with Crippen molar-refractivity contribution in [2.45, 2.75) is 0 Å². The van der Waals surface area contributed by atoms with E-state index in [9.17, 15) is 0 Å². The Bertz CT molecular complexity index is 606. The van der Waals surface area contributed by atoms with Crippen LogP contribution in [0, 0.1) is 0 Å². The summed E-state index contributed by atoms with van der Waals surface area (Å²) in [5.74, 6) is 2.24. The fourth-order valence-electron chi connectivity index (χ4n) is 1.81. The molecule has 0 aliphatic rings. The number of ether oxygens (including phenoxy) is 2. The van der Waals surface area contributed by atoms with Gasteiger partial charge >= 0.3 is 128 Å². The topological polar surface area (TPSA) is 82.3 Å². The van der Waals surface area contributed by atoms with Crippen molar-refractivity contribution in [3.63, 3.8) is 0 Å². The number of alkyl halides is 2. The van der Waals surface area contributed by atoms with Crippen LogP contribution in [-0.4, -0.2) is 40.1 Å². The summed E-state index contributed by atoms with van der Waals surface area (Å²) in [6.07, 6.45) is 0. The van der Waals surface area contributed by atoms with Crippen molar-refractivity contribution in [2.24, 2.45) is 0 Å². The molecule has 0 unspecified atom stereocenters. The van der Waals surface area contributed by atoms with Gasteiger partial charge in [0.25, 0.3) is 0 Å². The number of nitrogen functional groups attached to an aromatic ring is 1. The first-order valence-electron chi connectivity index (χ1n) is 6.06. The van der Waals surface area contributed by atoms with Crippen molar-refractivity contribution in [2.75, 3.05) is 41.2 Å². The second kappa shape index (κ2) is 6.78. The number of benzene rings is 1. The summed E-state index contributed by atoms with van der Waals surface area (Å²) in [6.45, 7) is 0.877. The molecule has 2 aromatic rings. The molecule has 0 saturated carbocycles. The first kappa shape index (κ1) is 14.9. The van der Waals surface area contributed by atoms with Crippen LogP contribution in [0.3, 0.4) is 0 Å². The second-order valence-electron chi connectivity index (χ2n) is 4.04. The number of halogens is 1. The van der Waals surface area contributed by atoms with Gasteiger partial charge in [0.15, 0.2) is 0 Å². The van der Waals surface area contributed by atoms with E-state index in [0.717, 1.165) is 17.4 Å². The molecule has 6 nitrogen and oxygen atoms in total. The van der Waals surface area contributed by atoms with Gasteiger partial charge in [0.05, 0.1) is 0 Å². The summed E-state index contributed by atoms with van der Waals surface area (Å²) in [7, 11) is 3.18. The van der Waals surface area contributed by atoms with Gasteiger partial charge in [0, 0.05) is 0 Å². The normalized spacial score (nSPS) is 10.8. The Balaban J connectivity index is 2.42. The van der Waals surface area contributed by atoms with Gasteiger partial charge in [0.1, 0.15) is 0 Å². The number of nitrogens with two attached hydrogens (primary N) is 1. The molecule has 0 bridgehead atoms. The molecular weight excluding hydrogens is 371 g/mol. The summed E-state index contributed by atoms with van der Waals surface area (Å²) >= 11 is 0.265. The van der Waals surface area contributed by atoms with E-state index in [2.05, 4.69) is 20.2 Å². The molecule has 0 aliphatic carbocycles. The minimum absolute atomic E-state index is 0.265. The molecule has 0 radical (unpaired) electrons. The predicted molar refractivity (Wildman–Crippen MR) is 76.3 cm³/mol. The Morgan fingerprint density at radius 2 is 1.90 bits per heavy atom. The molecule has 0 fully saturated rings. The number of hydrogen-bond donors (Lipinski definition) is 2. The summed E-state index contributed by atoms with van der Waals surface area (Å²) in [6, 6.07) is 3.61.